The summed E-state index contributed by atoms with van der Waals surface area (Å²) in [7, 11) is 0. The molecule has 2 amide bonds. The molecule has 3 heterocycles. The number of pyridine rings is 1. The van der Waals surface area contributed by atoms with Crippen molar-refractivity contribution in [3.05, 3.63) is 70.3 Å². The Kier molecular flexibility index (Phi) is 6.45. The number of benzene rings is 1. The second-order valence-electron chi connectivity index (χ2n) is 7.34. The number of urea groups is 1. The van der Waals surface area contributed by atoms with Crippen LogP contribution in [-0.2, 0) is 6.18 Å². The van der Waals surface area contributed by atoms with Crippen LogP contribution in [0, 0.1) is 6.92 Å². The number of carbonyl (C=O) groups is 1. The van der Waals surface area contributed by atoms with Gasteiger partial charge < -0.3 is 31.4 Å². The maximum Gasteiger partial charge on any atom is 0.420 e. The van der Waals surface area contributed by atoms with Gasteiger partial charge in [-0.15, -0.1) is 0 Å². The first kappa shape index (κ1) is 24.1. The summed E-state index contributed by atoms with van der Waals surface area (Å²) in [4.78, 5) is 33.7. The summed E-state index contributed by atoms with van der Waals surface area (Å²) in [5.41, 5.74) is 4.53. The summed E-state index contributed by atoms with van der Waals surface area (Å²) in [5, 5.41) is 14.0. The molecular weight excluding hydrogens is 483 g/mol. The number of nitrogens with one attached hydrogen (secondary N) is 5. The molecule has 12 nitrogen and oxygen atoms in total. The zero-order valence-electron chi connectivity index (χ0n) is 18.4. The number of hydrogen-bond acceptors (Lipinski definition) is 8. The Morgan fingerprint density at radius 3 is 2.44 bits per heavy atom. The molecule has 3 aromatic heterocycles. The van der Waals surface area contributed by atoms with Crippen LogP contribution in [0.25, 0.3) is 0 Å². The number of aromatic amines is 2. The molecule has 0 bridgehead atoms. The second kappa shape index (κ2) is 9.65. The van der Waals surface area contributed by atoms with E-state index in [-0.39, 0.29) is 28.8 Å². The molecule has 1 aromatic carbocycles. The number of nitrogens with zero attached hydrogens (tertiary/aromatic N) is 3. The molecule has 0 aliphatic carbocycles. The lowest BCUT2D eigenvalue weighted by Crippen LogP contribution is -2.20. The van der Waals surface area contributed by atoms with Gasteiger partial charge in [0.2, 0.25) is 5.56 Å². The Hall–Kier alpha value is -5.08. The molecule has 0 radical (unpaired) electrons. The highest BCUT2D eigenvalue weighted by molar-refractivity contribution is 5.99. The quantitative estimate of drug-likeness (QED) is 0.230. The molecule has 0 atom stereocenters. The largest absolute Gasteiger partial charge is 0.424 e. The standard InChI is InChI=1S/C21H18F3N9O3/c1-10-6-16(30-17-8-15(25)32-33-17)31-20(27-10)36-14-4-2-11(7-13(14)21(22,23)24)28-19(35)29-12-3-5-18(34)26-9-12/h2-9H,1H3,(H,26,34)(H2,28,29,35)(H4,25,27,30,31,32,33). The molecule has 4 rings (SSSR count). The predicted molar refractivity (Wildman–Crippen MR) is 124 cm³/mol. The van der Waals surface area contributed by atoms with E-state index in [1.165, 1.54) is 36.5 Å². The van der Waals surface area contributed by atoms with Crippen molar-refractivity contribution < 1.29 is 22.7 Å². The summed E-state index contributed by atoms with van der Waals surface area (Å²) in [5.74, 6) is 0.281. The molecule has 0 fully saturated rings. The monoisotopic (exact) mass is 501 g/mol. The van der Waals surface area contributed by atoms with Gasteiger partial charge in [0.05, 0.1) is 5.69 Å². The van der Waals surface area contributed by atoms with Gasteiger partial charge in [0.15, 0.2) is 5.82 Å². The molecule has 0 saturated heterocycles. The van der Waals surface area contributed by atoms with E-state index in [9.17, 15) is 22.8 Å². The second-order valence-corrected chi connectivity index (χ2v) is 7.34. The number of alkyl halides is 3. The molecule has 0 unspecified atom stereocenters. The summed E-state index contributed by atoms with van der Waals surface area (Å²) in [6.45, 7) is 1.61. The van der Waals surface area contributed by atoms with Gasteiger partial charge >= 0.3 is 18.2 Å². The zero-order chi connectivity index (χ0) is 25.9. The summed E-state index contributed by atoms with van der Waals surface area (Å²) < 4.78 is 46.7. The van der Waals surface area contributed by atoms with Crippen molar-refractivity contribution in [3.8, 4) is 11.8 Å². The van der Waals surface area contributed by atoms with Crippen molar-refractivity contribution in [2.75, 3.05) is 21.7 Å². The molecule has 0 aliphatic rings. The maximum atomic E-state index is 13.8. The highest BCUT2D eigenvalue weighted by Gasteiger charge is 2.35. The van der Waals surface area contributed by atoms with Gasteiger partial charge in [-0.25, -0.2) is 9.78 Å². The minimum Gasteiger partial charge on any atom is -0.424 e. The number of ether oxygens (including phenoxy) is 1. The van der Waals surface area contributed by atoms with Gasteiger partial charge in [0, 0.05) is 35.8 Å². The van der Waals surface area contributed by atoms with Crippen LogP contribution in [0.15, 0.2) is 53.5 Å². The lowest BCUT2D eigenvalue weighted by Gasteiger charge is -2.15. The topological polar surface area (TPSA) is 176 Å². The van der Waals surface area contributed by atoms with Crippen LogP contribution in [0.3, 0.4) is 0 Å². The number of rotatable bonds is 6. The average Bonchev–Trinajstić information content (AvgIpc) is 3.19. The minimum atomic E-state index is -4.82. The number of nitrogens with two attached hydrogens (primary N) is 1. The van der Waals surface area contributed by atoms with Gasteiger partial charge in [0.1, 0.15) is 22.9 Å². The third-order valence-corrected chi connectivity index (χ3v) is 4.47. The van der Waals surface area contributed by atoms with E-state index in [1.54, 1.807) is 6.92 Å². The number of halogens is 3. The molecule has 0 saturated carbocycles. The van der Waals surface area contributed by atoms with Crippen molar-refractivity contribution in [2.45, 2.75) is 13.1 Å². The Morgan fingerprint density at radius 1 is 1.03 bits per heavy atom. The summed E-state index contributed by atoms with van der Waals surface area (Å²) >= 11 is 0. The third-order valence-electron chi connectivity index (χ3n) is 4.47. The van der Waals surface area contributed by atoms with E-state index in [4.69, 9.17) is 10.5 Å². The maximum absolute atomic E-state index is 13.8. The molecule has 7 N–H and O–H groups in total. The van der Waals surface area contributed by atoms with Gasteiger partial charge in [-0.2, -0.15) is 23.3 Å². The number of nitrogen functional groups attached to an aromatic ring is 1. The Balaban J connectivity index is 1.54. The van der Waals surface area contributed by atoms with Crippen molar-refractivity contribution >= 4 is 34.9 Å². The van der Waals surface area contributed by atoms with E-state index >= 15 is 0 Å². The van der Waals surface area contributed by atoms with Gasteiger partial charge in [0.25, 0.3) is 0 Å². The van der Waals surface area contributed by atoms with E-state index in [2.05, 4.69) is 41.1 Å². The Labute approximate surface area is 200 Å². The molecule has 0 aliphatic heterocycles. The molecule has 0 spiro atoms. The molecule has 15 heteroatoms. The number of H-pyrrole nitrogens is 2. The van der Waals surface area contributed by atoms with Crippen LogP contribution >= 0.6 is 0 Å². The van der Waals surface area contributed by atoms with Crippen LogP contribution in [-0.4, -0.2) is 31.2 Å². The number of aromatic nitrogens is 5. The highest BCUT2D eigenvalue weighted by atomic mass is 19.4. The minimum absolute atomic E-state index is 0.153. The lowest BCUT2D eigenvalue weighted by molar-refractivity contribution is -0.138. The zero-order valence-corrected chi connectivity index (χ0v) is 18.4. The average molecular weight is 501 g/mol. The smallest absolute Gasteiger partial charge is 0.420 e. The van der Waals surface area contributed by atoms with E-state index < -0.39 is 23.5 Å². The van der Waals surface area contributed by atoms with Crippen molar-refractivity contribution in [3.63, 3.8) is 0 Å². The van der Waals surface area contributed by atoms with Crippen LogP contribution < -0.4 is 32.0 Å². The molecule has 36 heavy (non-hydrogen) atoms. The van der Waals surface area contributed by atoms with Crippen LogP contribution in [0.1, 0.15) is 11.3 Å². The van der Waals surface area contributed by atoms with Gasteiger partial charge in [-0.3, -0.25) is 9.89 Å². The Morgan fingerprint density at radius 2 is 1.78 bits per heavy atom. The van der Waals surface area contributed by atoms with Gasteiger partial charge in [-0.05, 0) is 31.2 Å². The van der Waals surface area contributed by atoms with Crippen LogP contribution in [0.4, 0.5) is 46.8 Å². The van der Waals surface area contributed by atoms with Crippen molar-refractivity contribution in [1.29, 1.82) is 0 Å². The van der Waals surface area contributed by atoms with Crippen LogP contribution in [0.2, 0.25) is 0 Å². The van der Waals surface area contributed by atoms with Crippen LogP contribution in [0.5, 0.6) is 11.8 Å². The number of hydrogen-bond donors (Lipinski definition) is 6. The first-order chi connectivity index (χ1) is 17.0. The number of amides is 2. The van der Waals surface area contributed by atoms with Crippen molar-refractivity contribution in [1.82, 2.24) is 25.1 Å². The number of anilines is 5. The highest BCUT2D eigenvalue weighted by Crippen LogP contribution is 2.39. The van der Waals surface area contributed by atoms with Crippen molar-refractivity contribution in [2.24, 2.45) is 0 Å². The van der Waals surface area contributed by atoms with E-state index in [0.29, 0.717) is 23.4 Å². The fourth-order valence-corrected chi connectivity index (χ4v) is 2.98. The summed E-state index contributed by atoms with van der Waals surface area (Å²) in [6.07, 6.45) is -3.58. The Bertz CT molecular complexity index is 1450. The fraction of sp³-hybridized carbons (Fsp3) is 0.0952. The lowest BCUT2D eigenvalue weighted by atomic mass is 10.1. The summed E-state index contributed by atoms with van der Waals surface area (Å²) in [6, 6.07) is 7.36. The number of aryl methyl sites for hydroxylation is 1. The molecular formula is C21H18F3N9O3. The van der Waals surface area contributed by atoms with E-state index in [0.717, 1.165) is 6.07 Å². The normalized spacial score (nSPS) is 11.1. The molecule has 4 aromatic rings. The number of carbonyl (C=O) groups excluding carboxylic acids is 1. The van der Waals surface area contributed by atoms with Gasteiger partial charge in [-0.1, -0.05) is 0 Å². The SMILES string of the molecule is Cc1cc(Nc2cc(N)[nH]n2)nc(Oc2ccc(NC(=O)Nc3ccc(=O)[nH]c3)cc2C(F)(F)F)n1. The predicted octanol–water partition coefficient (Wildman–Crippen LogP) is 3.98. The fourth-order valence-electron chi connectivity index (χ4n) is 2.98. The first-order valence-corrected chi connectivity index (χ1v) is 10.1. The first-order valence-electron chi connectivity index (χ1n) is 10.1. The van der Waals surface area contributed by atoms with E-state index in [1.807, 2.05) is 0 Å². The third kappa shape index (κ3) is 6.07. The molecule has 186 valence electrons.